The predicted molar refractivity (Wildman–Crippen MR) is 75.3 cm³/mol. The van der Waals surface area contributed by atoms with Gasteiger partial charge in [0.15, 0.2) is 5.78 Å². The number of hydrogen-bond acceptors (Lipinski definition) is 2. The van der Waals surface area contributed by atoms with Gasteiger partial charge in [-0.25, -0.2) is 0 Å². The van der Waals surface area contributed by atoms with Crippen LogP contribution in [0.5, 0.6) is 5.75 Å². The minimum absolute atomic E-state index is 0.00713. The van der Waals surface area contributed by atoms with Gasteiger partial charge in [-0.05, 0) is 36.8 Å². The lowest BCUT2D eigenvalue weighted by molar-refractivity contribution is 0.103. The Bertz CT molecular complexity index is 591. The number of hydrogen-bond donors (Lipinski definition) is 0. The monoisotopic (exact) mass is 304 g/mol. The number of carbonyl (C=O) groups is 1. The number of benzene rings is 2. The van der Waals surface area contributed by atoms with Crippen LogP contribution in [0.4, 0.5) is 0 Å². The van der Waals surface area contributed by atoms with Crippen molar-refractivity contribution in [3.8, 4) is 5.75 Å². The maximum Gasteiger partial charge on any atom is 0.193 e. The van der Waals surface area contributed by atoms with Gasteiger partial charge in [-0.3, -0.25) is 4.79 Å². The third-order valence-corrected chi connectivity index (χ3v) is 3.27. The summed E-state index contributed by atoms with van der Waals surface area (Å²) in [6, 6.07) is 12.9. The molecule has 92 valence electrons. The second-order valence-corrected chi connectivity index (χ2v) is 4.94. The van der Waals surface area contributed by atoms with Crippen molar-refractivity contribution in [2.75, 3.05) is 7.11 Å². The van der Waals surface area contributed by atoms with Gasteiger partial charge >= 0.3 is 0 Å². The molecule has 0 aromatic heterocycles. The smallest absolute Gasteiger partial charge is 0.193 e. The molecule has 0 amide bonds. The second kappa shape index (κ2) is 5.36. The Kier molecular flexibility index (Phi) is 3.82. The van der Waals surface area contributed by atoms with E-state index >= 15 is 0 Å². The lowest BCUT2D eigenvalue weighted by Gasteiger charge is -2.07. The van der Waals surface area contributed by atoms with Gasteiger partial charge in [0.1, 0.15) is 5.75 Å². The maximum atomic E-state index is 12.4. The fraction of sp³-hybridized carbons (Fsp3) is 0.133. The van der Waals surface area contributed by atoms with E-state index in [2.05, 4.69) is 15.9 Å². The van der Waals surface area contributed by atoms with Crippen LogP contribution in [0.25, 0.3) is 0 Å². The molecule has 0 bridgehead atoms. The summed E-state index contributed by atoms with van der Waals surface area (Å²) in [4.78, 5) is 12.4. The van der Waals surface area contributed by atoms with Crippen molar-refractivity contribution in [2.24, 2.45) is 0 Å². The number of ketones is 1. The molecule has 0 heterocycles. The first-order valence-corrected chi connectivity index (χ1v) is 6.36. The molecule has 0 atom stereocenters. The second-order valence-electron chi connectivity index (χ2n) is 4.02. The van der Waals surface area contributed by atoms with Crippen LogP contribution >= 0.6 is 15.9 Å². The zero-order chi connectivity index (χ0) is 13.1. The van der Waals surface area contributed by atoms with E-state index in [0.717, 1.165) is 10.0 Å². The number of rotatable bonds is 3. The van der Waals surface area contributed by atoms with Crippen molar-refractivity contribution in [1.29, 1.82) is 0 Å². The molecular formula is C15H13BrO2. The molecule has 0 saturated heterocycles. The topological polar surface area (TPSA) is 26.3 Å². The average Bonchev–Trinajstić information content (AvgIpc) is 2.41. The Morgan fingerprint density at radius 1 is 1.17 bits per heavy atom. The van der Waals surface area contributed by atoms with Gasteiger partial charge < -0.3 is 4.74 Å². The molecule has 18 heavy (non-hydrogen) atoms. The maximum absolute atomic E-state index is 12.4. The predicted octanol–water partition coefficient (Wildman–Crippen LogP) is 4.00. The summed E-state index contributed by atoms with van der Waals surface area (Å²) in [5.74, 6) is 0.696. The van der Waals surface area contributed by atoms with E-state index in [0.29, 0.717) is 16.9 Å². The number of methoxy groups -OCH3 is 1. The summed E-state index contributed by atoms with van der Waals surface area (Å²) in [5.41, 5.74) is 2.30. The Morgan fingerprint density at radius 3 is 2.67 bits per heavy atom. The Hall–Kier alpha value is -1.61. The summed E-state index contributed by atoms with van der Waals surface area (Å²) in [7, 11) is 1.59. The van der Waals surface area contributed by atoms with E-state index in [1.165, 1.54) is 0 Å². The minimum atomic E-state index is 0.00713. The molecule has 0 N–H and O–H groups in total. The quantitative estimate of drug-likeness (QED) is 0.801. The molecule has 0 aliphatic rings. The number of halogens is 1. The van der Waals surface area contributed by atoms with Gasteiger partial charge in [0, 0.05) is 15.6 Å². The molecule has 0 unspecified atom stereocenters. The molecular weight excluding hydrogens is 292 g/mol. The highest BCUT2D eigenvalue weighted by atomic mass is 79.9. The fourth-order valence-corrected chi connectivity index (χ4v) is 2.12. The van der Waals surface area contributed by atoms with Crippen LogP contribution in [0.1, 0.15) is 21.5 Å². The number of aryl methyl sites for hydroxylation is 1. The highest BCUT2D eigenvalue weighted by molar-refractivity contribution is 9.10. The minimum Gasteiger partial charge on any atom is -0.497 e. The average molecular weight is 305 g/mol. The molecule has 0 spiro atoms. The van der Waals surface area contributed by atoms with Crippen molar-refractivity contribution < 1.29 is 9.53 Å². The summed E-state index contributed by atoms with van der Waals surface area (Å²) in [6.45, 7) is 1.93. The summed E-state index contributed by atoms with van der Waals surface area (Å²) < 4.78 is 6.04. The van der Waals surface area contributed by atoms with Crippen LogP contribution < -0.4 is 4.74 Å². The van der Waals surface area contributed by atoms with E-state index in [-0.39, 0.29) is 5.78 Å². The van der Waals surface area contributed by atoms with Crippen molar-refractivity contribution in [2.45, 2.75) is 6.92 Å². The first-order chi connectivity index (χ1) is 8.61. The first-order valence-electron chi connectivity index (χ1n) is 5.56. The van der Waals surface area contributed by atoms with Crippen molar-refractivity contribution in [3.05, 3.63) is 63.6 Å². The summed E-state index contributed by atoms with van der Waals surface area (Å²) in [6.07, 6.45) is 0. The molecule has 2 rings (SSSR count). The third-order valence-electron chi connectivity index (χ3n) is 2.78. The Labute approximate surface area is 115 Å². The molecule has 2 aromatic rings. The van der Waals surface area contributed by atoms with Gasteiger partial charge in [-0.2, -0.15) is 0 Å². The highest BCUT2D eigenvalue weighted by Gasteiger charge is 2.12. The molecule has 0 aliphatic carbocycles. The highest BCUT2D eigenvalue weighted by Crippen LogP contribution is 2.21. The van der Waals surface area contributed by atoms with Gasteiger partial charge in [-0.1, -0.05) is 34.1 Å². The first kappa shape index (κ1) is 12.8. The van der Waals surface area contributed by atoms with Crippen molar-refractivity contribution in [3.63, 3.8) is 0 Å². The van der Waals surface area contributed by atoms with E-state index < -0.39 is 0 Å². The number of ether oxygens (including phenoxy) is 1. The Balaban J connectivity index is 2.44. The normalized spacial score (nSPS) is 10.2. The van der Waals surface area contributed by atoms with E-state index in [4.69, 9.17) is 4.74 Å². The van der Waals surface area contributed by atoms with Crippen LogP contribution in [-0.4, -0.2) is 12.9 Å². The molecule has 0 saturated carbocycles. The van der Waals surface area contributed by atoms with Crippen molar-refractivity contribution in [1.82, 2.24) is 0 Å². The van der Waals surface area contributed by atoms with Gasteiger partial charge in [-0.15, -0.1) is 0 Å². The number of carbonyl (C=O) groups excluding carboxylic acids is 1. The Morgan fingerprint density at radius 2 is 1.94 bits per heavy atom. The van der Waals surface area contributed by atoms with E-state index in [9.17, 15) is 4.79 Å². The molecule has 3 heteroatoms. The molecule has 0 radical (unpaired) electrons. The lowest BCUT2D eigenvalue weighted by Crippen LogP contribution is -2.04. The summed E-state index contributed by atoms with van der Waals surface area (Å²) in [5, 5.41) is 0. The van der Waals surface area contributed by atoms with E-state index in [1.807, 2.05) is 37.3 Å². The molecule has 0 aliphatic heterocycles. The van der Waals surface area contributed by atoms with Gasteiger partial charge in [0.2, 0.25) is 0 Å². The zero-order valence-corrected chi connectivity index (χ0v) is 11.8. The molecule has 2 aromatic carbocycles. The van der Waals surface area contributed by atoms with Crippen molar-refractivity contribution >= 4 is 21.7 Å². The van der Waals surface area contributed by atoms with Crippen LogP contribution in [0.2, 0.25) is 0 Å². The van der Waals surface area contributed by atoms with Crippen LogP contribution in [0.3, 0.4) is 0 Å². The lowest BCUT2D eigenvalue weighted by atomic mass is 9.99. The third kappa shape index (κ3) is 2.62. The molecule has 0 fully saturated rings. The zero-order valence-electron chi connectivity index (χ0n) is 10.2. The SMILES string of the molecule is COc1cccc(C(=O)c2cc(Br)ccc2C)c1. The largest absolute Gasteiger partial charge is 0.497 e. The van der Waals surface area contributed by atoms with Gasteiger partial charge in [0.05, 0.1) is 7.11 Å². The van der Waals surface area contributed by atoms with Crippen LogP contribution in [0.15, 0.2) is 46.9 Å². The van der Waals surface area contributed by atoms with Gasteiger partial charge in [0.25, 0.3) is 0 Å². The fourth-order valence-electron chi connectivity index (χ4n) is 1.76. The van der Waals surface area contributed by atoms with Crippen LogP contribution in [-0.2, 0) is 0 Å². The van der Waals surface area contributed by atoms with E-state index in [1.54, 1.807) is 19.2 Å². The summed E-state index contributed by atoms with van der Waals surface area (Å²) >= 11 is 3.39. The van der Waals surface area contributed by atoms with Crippen LogP contribution in [0, 0.1) is 6.92 Å². The standard InChI is InChI=1S/C15H13BrO2/c1-10-6-7-12(16)9-14(10)15(17)11-4-3-5-13(8-11)18-2/h3-9H,1-2H3. The molecule has 2 nitrogen and oxygen atoms in total.